The van der Waals surface area contributed by atoms with Gasteiger partial charge in [0.05, 0.1) is 11.7 Å². The summed E-state index contributed by atoms with van der Waals surface area (Å²) in [6.07, 6.45) is 1.92. The van der Waals surface area contributed by atoms with Crippen LogP contribution in [-0.4, -0.2) is 16.0 Å². The molecule has 1 aliphatic rings. The number of amides is 1. The normalized spacial score (nSPS) is 16.0. The molecule has 0 aliphatic carbocycles. The fraction of sp³-hybridized carbons (Fsp3) is 0.0455. The third-order valence-corrected chi connectivity index (χ3v) is 4.71. The highest BCUT2D eigenvalue weighted by atomic mass is 35.5. The molecule has 5 heteroatoms. The fourth-order valence-electron chi connectivity index (χ4n) is 3.14. The van der Waals surface area contributed by atoms with Crippen LogP contribution in [0.25, 0.3) is 5.70 Å². The van der Waals surface area contributed by atoms with Crippen LogP contribution in [0.4, 0.5) is 0 Å². The molecule has 0 fully saturated rings. The number of benzene rings is 3. The third kappa shape index (κ3) is 3.39. The Morgan fingerprint density at radius 1 is 0.963 bits per heavy atom. The maximum Gasteiger partial charge on any atom is 0.273 e. The van der Waals surface area contributed by atoms with Gasteiger partial charge in [-0.05, 0) is 42.0 Å². The Hall–Kier alpha value is -3.24. The number of phenolic OH excluding ortho intramolecular Hbond substituents is 1. The van der Waals surface area contributed by atoms with Crippen molar-refractivity contribution in [2.45, 2.75) is 6.04 Å². The summed E-state index contributed by atoms with van der Waals surface area (Å²) in [5.74, 6) is -0.0591. The van der Waals surface area contributed by atoms with Gasteiger partial charge in [0.25, 0.3) is 5.91 Å². The molecular weight excluding hydrogens is 360 g/mol. The number of nitrogens with one attached hydrogen (secondary N) is 1. The van der Waals surface area contributed by atoms with Gasteiger partial charge in [0.15, 0.2) is 0 Å². The Labute approximate surface area is 162 Å². The lowest BCUT2D eigenvalue weighted by molar-refractivity contribution is 0.0672. The summed E-state index contributed by atoms with van der Waals surface area (Å²) in [5.41, 5.74) is 5.87. The zero-order valence-electron chi connectivity index (χ0n) is 14.3. The lowest BCUT2D eigenvalue weighted by Gasteiger charge is -2.25. The van der Waals surface area contributed by atoms with E-state index in [1.54, 1.807) is 35.3 Å². The number of hydrogen-bond acceptors (Lipinski definition) is 3. The highest BCUT2D eigenvalue weighted by Crippen LogP contribution is 2.36. The fourth-order valence-corrected chi connectivity index (χ4v) is 3.31. The Morgan fingerprint density at radius 2 is 1.63 bits per heavy atom. The zero-order valence-corrected chi connectivity index (χ0v) is 15.1. The second-order valence-electron chi connectivity index (χ2n) is 6.25. The average Bonchev–Trinajstić information content (AvgIpc) is 3.16. The Morgan fingerprint density at radius 3 is 2.33 bits per heavy atom. The molecule has 0 radical (unpaired) electrons. The monoisotopic (exact) mass is 376 g/mol. The molecular formula is C22H17ClN2O2. The summed E-state index contributed by atoms with van der Waals surface area (Å²) < 4.78 is 0. The van der Waals surface area contributed by atoms with E-state index in [1.807, 2.05) is 54.6 Å². The molecule has 134 valence electrons. The first-order valence-electron chi connectivity index (χ1n) is 8.54. The maximum absolute atomic E-state index is 13.1. The predicted octanol–water partition coefficient (Wildman–Crippen LogP) is 4.79. The molecule has 0 unspecified atom stereocenters. The Bertz CT molecular complexity index is 1000. The standard InChI is InChI=1S/C22H17ClN2O2/c23-17-11-12-21(26)18(13-17)19-14-20(15-7-3-1-4-8-15)25(24-19)22(27)16-9-5-2-6-10-16/h1-14,20,24,26H/t20-/m1/s1. The molecule has 4 nitrogen and oxygen atoms in total. The Balaban J connectivity index is 1.76. The molecule has 1 aliphatic heterocycles. The SMILES string of the molecule is O=C(c1ccccc1)N1NC(c2cc(Cl)ccc2O)=C[C@@H]1c1ccccc1. The number of hydrazine groups is 1. The number of hydrogen-bond donors (Lipinski definition) is 2. The van der Waals surface area contributed by atoms with Gasteiger partial charge in [-0.2, -0.15) is 0 Å². The van der Waals surface area contributed by atoms with Crippen LogP contribution in [0.2, 0.25) is 5.02 Å². The van der Waals surface area contributed by atoms with Gasteiger partial charge in [0.2, 0.25) is 0 Å². The molecule has 1 amide bonds. The quantitative estimate of drug-likeness (QED) is 0.691. The van der Waals surface area contributed by atoms with Gasteiger partial charge in [-0.3, -0.25) is 10.2 Å². The van der Waals surface area contributed by atoms with Gasteiger partial charge in [0, 0.05) is 16.1 Å². The van der Waals surface area contributed by atoms with Crippen molar-refractivity contribution in [3.05, 3.63) is 107 Å². The highest BCUT2D eigenvalue weighted by molar-refractivity contribution is 6.30. The van der Waals surface area contributed by atoms with E-state index in [4.69, 9.17) is 11.6 Å². The molecule has 0 saturated heterocycles. The van der Waals surface area contributed by atoms with Crippen LogP contribution in [0.1, 0.15) is 27.5 Å². The summed E-state index contributed by atoms with van der Waals surface area (Å²) in [5, 5.41) is 12.3. The molecule has 3 aromatic rings. The summed E-state index contributed by atoms with van der Waals surface area (Å²) in [7, 11) is 0. The lowest BCUT2D eigenvalue weighted by Crippen LogP contribution is -2.39. The number of aromatic hydroxyl groups is 1. The van der Waals surface area contributed by atoms with Gasteiger partial charge < -0.3 is 5.11 Å². The van der Waals surface area contributed by atoms with Crippen molar-refractivity contribution in [3.8, 4) is 5.75 Å². The van der Waals surface area contributed by atoms with Gasteiger partial charge in [0.1, 0.15) is 5.75 Å². The van der Waals surface area contributed by atoms with E-state index < -0.39 is 0 Å². The predicted molar refractivity (Wildman–Crippen MR) is 106 cm³/mol. The van der Waals surface area contributed by atoms with Crippen LogP contribution in [0.3, 0.4) is 0 Å². The van der Waals surface area contributed by atoms with E-state index in [0.717, 1.165) is 5.56 Å². The van der Waals surface area contributed by atoms with Crippen molar-refractivity contribution >= 4 is 23.2 Å². The maximum atomic E-state index is 13.1. The van der Waals surface area contributed by atoms with Crippen molar-refractivity contribution < 1.29 is 9.90 Å². The zero-order chi connectivity index (χ0) is 18.8. The van der Waals surface area contributed by atoms with Crippen molar-refractivity contribution in [1.29, 1.82) is 0 Å². The number of carbonyl (C=O) groups excluding carboxylic acids is 1. The first kappa shape index (κ1) is 17.2. The average molecular weight is 377 g/mol. The van der Waals surface area contributed by atoms with Gasteiger partial charge in [-0.15, -0.1) is 0 Å². The second-order valence-corrected chi connectivity index (χ2v) is 6.69. The van der Waals surface area contributed by atoms with E-state index in [2.05, 4.69) is 5.43 Å². The number of halogens is 1. The van der Waals surface area contributed by atoms with Crippen LogP contribution < -0.4 is 5.43 Å². The number of carbonyl (C=O) groups is 1. The van der Waals surface area contributed by atoms with Gasteiger partial charge >= 0.3 is 0 Å². The molecule has 0 aromatic heterocycles. The summed E-state index contributed by atoms with van der Waals surface area (Å²) in [4.78, 5) is 13.1. The van der Waals surface area contributed by atoms with E-state index >= 15 is 0 Å². The summed E-state index contributed by atoms with van der Waals surface area (Å²) >= 11 is 6.10. The van der Waals surface area contributed by atoms with Crippen molar-refractivity contribution in [2.24, 2.45) is 0 Å². The Kier molecular flexibility index (Phi) is 4.57. The van der Waals surface area contributed by atoms with Crippen molar-refractivity contribution in [2.75, 3.05) is 0 Å². The molecule has 4 rings (SSSR count). The minimum Gasteiger partial charge on any atom is -0.507 e. The topological polar surface area (TPSA) is 52.6 Å². The summed E-state index contributed by atoms with van der Waals surface area (Å²) in [6, 6.07) is 23.4. The molecule has 27 heavy (non-hydrogen) atoms. The molecule has 0 bridgehead atoms. The van der Waals surface area contributed by atoms with E-state index in [9.17, 15) is 9.90 Å². The molecule has 3 aromatic carbocycles. The highest BCUT2D eigenvalue weighted by Gasteiger charge is 2.32. The van der Waals surface area contributed by atoms with Crippen LogP contribution in [-0.2, 0) is 0 Å². The van der Waals surface area contributed by atoms with Crippen LogP contribution in [0.5, 0.6) is 5.75 Å². The first-order chi connectivity index (χ1) is 13.1. The largest absolute Gasteiger partial charge is 0.507 e. The number of nitrogens with zero attached hydrogens (tertiary/aromatic N) is 1. The van der Waals surface area contributed by atoms with Crippen LogP contribution in [0.15, 0.2) is 84.9 Å². The minimum absolute atomic E-state index is 0.0963. The first-order valence-corrected chi connectivity index (χ1v) is 8.92. The van der Waals surface area contributed by atoms with Crippen molar-refractivity contribution in [1.82, 2.24) is 10.4 Å². The van der Waals surface area contributed by atoms with Gasteiger partial charge in [-0.25, -0.2) is 5.01 Å². The van der Waals surface area contributed by atoms with E-state index in [0.29, 0.717) is 21.8 Å². The minimum atomic E-state index is -0.313. The molecule has 1 heterocycles. The van der Waals surface area contributed by atoms with Crippen molar-refractivity contribution in [3.63, 3.8) is 0 Å². The second kappa shape index (κ2) is 7.17. The van der Waals surface area contributed by atoms with Gasteiger partial charge in [-0.1, -0.05) is 60.1 Å². The molecule has 0 saturated carbocycles. The number of rotatable bonds is 3. The lowest BCUT2D eigenvalue weighted by atomic mass is 10.0. The molecule has 0 spiro atoms. The molecule has 1 atom stereocenters. The third-order valence-electron chi connectivity index (χ3n) is 4.47. The van der Waals surface area contributed by atoms with E-state index in [-0.39, 0.29) is 17.7 Å². The summed E-state index contributed by atoms with van der Waals surface area (Å²) in [6.45, 7) is 0. The smallest absolute Gasteiger partial charge is 0.273 e. The van der Waals surface area contributed by atoms with Crippen LogP contribution >= 0.6 is 11.6 Å². The number of phenols is 1. The molecule has 2 N–H and O–H groups in total. The van der Waals surface area contributed by atoms with E-state index in [1.165, 1.54) is 0 Å². The van der Waals surface area contributed by atoms with Crippen LogP contribution in [0, 0.1) is 0 Å².